The Morgan fingerprint density at radius 1 is 0.950 bits per heavy atom. The van der Waals surface area contributed by atoms with E-state index in [4.69, 9.17) is 0 Å². The van der Waals surface area contributed by atoms with Crippen molar-refractivity contribution in [1.29, 1.82) is 0 Å². The molecule has 104 valence electrons. The van der Waals surface area contributed by atoms with E-state index in [1.807, 2.05) is 6.07 Å². The molecule has 0 aromatic heterocycles. The molecule has 0 radical (unpaired) electrons. The fourth-order valence-corrected chi connectivity index (χ4v) is 2.39. The summed E-state index contributed by atoms with van der Waals surface area (Å²) in [6.07, 6.45) is 0. The van der Waals surface area contributed by atoms with E-state index in [0.717, 1.165) is 0 Å². The topological polar surface area (TPSA) is 108 Å². The first kappa shape index (κ1) is 14.0. The minimum absolute atomic E-state index is 0.0217. The van der Waals surface area contributed by atoms with E-state index in [0.29, 0.717) is 5.69 Å². The fourth-order valence-electron chi connectivity index (χ4n) is 1.63. The number of benzene rings is 2. The zero-order valence-electron chi connectivity index (χ0n) is 10.1. The van der Waals surface area contributed by atoms with Gasteiger partial charge in [0.05, 0.1) is 11.4 Å². The molecule has 0 aliphatic rings. The monoisotopic (exact) mass is 293 g/mol. The number of hydrogen-bond donors (Lipinski definition) is 3. The van der Waals surface area contributed by atoms with Gasteiger partial charge >= 0.3 is 0 Å². The van der Waals surface area contributed by atoms with Gasteiger partial charge in [0.15, 0.2) is 0 Å². The highest BCUT2D eigenvalue weighted by atomic mass is 32.2. The number of para-hydroxylation sites is 1. The average Bonchev–Trinajstić information content (AvgIpc) is 2.44. The third-order valence-corrected chi connectivity index (χ3v) is 3.41. The predicted octanol–water partition coefficient (Wildman–Crippen LogP) is 2.77. The summed E-state index contributed by atoms with van der Waals surface area (Å²) in [5.74, 6) is 0. The molecule has 0 aliphatic heterocycles. The van der Waals surface area contributed by atoms with Crippen molar-refractivity contribution in [3.63, 3.8) is 0 Å². The van der Waals surface area contributed by atoms with Crippen LogP contribution in [-0.4, -0.2) is 13.0 Å². The van der Waals surface area contributed by atoms with Gasteiger partial charge in [-0.3, -0.25) is 9.98 Å². The predicted molar refractivity (Wildman–Crippen MR) is 75.4 cm³/mol. The van der Waals surface area contributed by atoms with Crippen LogP contribution in [-0.2, 0) is 10.1 Å². The van der Waals surface area contributed by atoms with Gasteiger partial charge in [0.25, 0.3) is 10.1 Å². The average molecular weight is 293 g/mol. The number of nitrogens with one attached hydrogen (secondary N) is 2. The maximum absolute atomic E-state index is 11.3. The van der Waals surface area contributed by atoms with E-state index < -0.39 is 15.0 Å². The lowest BCUT2D eigenvalue weighted by atomic mass is 10.3. The summed E-state index contributed by atoms with van der Waals surface area (Å²) in [4.78, 5) is 10.1. The summed E-state index contributed by atoms with van der Waals surface area (Å²) < 4.78 is 31.9. The lowest BCUT2D eigenvalue weighted by molar-refractivity contribution is 0.484. The number of nitroso groups, excluding NO2 is 1. The Bertz CT molecular complexity index is 717. The summed E-state index contributed by atoms with van der Waals surface area (Å²) >= 11 is 0. The second-order valence-electron chi connectivity index (χ2n) is 3.84. The molecule has 7 nitrogen and oxygen atoms in total. The quantitative estimate of drug-likeness (QED) is 0.444. The number of hydrogen-bond acceptors (Lipinski definition) is 6. The third-order valence-electron chi connectivity index (χ3n) is 2.47. The summed E-state index contributed by atoms with van der Waals surface area (Å²) in [5, 5.41) is 2.60. The molecule has 0 aliphatic carbocycles. The molecule has 0 saturated carbocycles. The number of nitrogens with zero attached hydrogens (tertiary/aromatic N) is 1. The van der Waals surface area contributed by atoms with Crippen LogP contribution in [0.3, 0.4) is 0 Å². The van der Waals surface area contributed by atoms with E-state index in [1.165, 1.54) is 18.2 Å². The molecule has 8 heteroatoms. The van der Waals surface area contributed by atoms with Crippen LogP contribution in [0.2, 0.25) is 0 Å². The van der Waals surface area contributed by atoms with Gasteiger partial charge in [-0.1, -0.05) is 24.3 Å². The van der Waals surface area contributed by atoms with Gasteiger partial charge < -0.3 is 5.43 Å². The Labute approximate surface area is 115 Å². The molecule has 0 heterocycles. The Hall–Kier alpha value is -2.45. The largest absolute Gasteiger partial charge is 0.301 e. The summed E-state index contributed by atoms with van der Waals surface area (Å²) in [6.45, 7) is 0. The first-order valence-corrected chi connectivity index (χ1v) is 6.97. The van der Waals surface area contributed by atoms with Crippen molar-refractivity contribution in [2.24, 2.45) is 5.18 Å². The molecule has 3 N–H and O–H groups in total. The van der Waals surface area contributed by atoms with Crippen LogP contribution < -0.4 is 10.9 Å². The summed E-state index contributed by atoms with van der Waals surface area (Å²) in [5.41, 5.74) is 5.71. The smallest absolute Gasteiger partial charge is 0.298 e. The summed E-state index contributed by atoms with van der Waals surface area (Å²) in [7, 11) is -4.58. The fraction of sp³-hybridized carbons (Fsp3) is 0. The molecule has 2 rings (SSSR count). The van der Waals surface area contributed by atoms with Gasteiger partial charge in [0, 0.05) is 0 Å². The Kier molecular flexibility index (Phi) is 3.97. The van der Waals surface area contributed by atoms with E-state index in [1.54, 1.807) is 24.3 Å². The molecule has 2 aromatic rings. The highest BCUT2D eigenvalue weighted by Gasteiger charge is 2.21. The van der Waals surface area contributed by atoms with Crippen LogP contribution in [0.1, 0.15) is 0 Å². The Morgan fingerprint density at radius 3 is 2.25 bits per heavy atom. The number of hydrazine groups is 1. The second-order valence-corrected chi connectivity index (χ2v) is 5.19. The minimum Gasteiger partial charge on any atom is -0.301 e. The van der Waals surface area contributed by atoms with E-state index in [2.05, 4.69) is 16.0 Å². The van der Waals surface area contributed by atoms with Gasteiger partial charge in [-0.2, -0.15) is 8.42 Å². The first-order chi connectivity index (χ1) is 9.52. The van der Waals surface area contributed by atoms with Crippen molar-refractivity contribution >= 4 is 27.2 Å². The lowest BCUT2D eigenvalue weighted by Crippen LogP contribution is -2.12. The van der Waals surface area contributed by atoms with Crippen molar-refractivity contribution in [3.8, 4) is 0 Å². The highest BCUT2D eigenvalue weighted by Crippen LogP contribution is 2.31. The molecule has 0 amide bonds. The minimum atomic E-state index is -4.58. The molecule has 0 saturated heterocycles. The molecular formula is C12H11N3O4S. The van der Waals surface area contributed by atoms with Crippen molar-refractivity contribution in [3.05, 3.63) is 53.4 Å². The molecule has 0 bridgehead atoms. The van der Waals surface area contributed by atoms with Crippen LogP contribution in [0.4, 0.5) is 17.1 Å². The van der Waals surface area contributed by atoms with E-state index in [9.17, 15) is 17.9 Å². The van der Waals surface area contributed by atoms with Gasteiger partial charge in [-0.05, 0) is 29.4 Å². The first-order valence-electron chi connectivity index (χ1n) is 5.53. The van der Waals surface area contributed by atoms with E-state index >= 15 is 0 Å². The van der Waals surface area contributed by atoms with Crippen molar-refractivity contribution in [2.45, 2.75) is 4.90 Å². The second kappa shape index (κ2) is 5.68. The zero-order valence-corrected chi connectivity index (χ0v) is 11.0. The van der Waals surface area contributed by atoms with Gasteiger partial charge in [-0.25, -0.2) is 0 Å². The van der Waals surface area contributed by atoms with Crippen LogP contribution in [0.5, 0.6) is 0 Å². The van der Waals surface area contributed by atoms with Crippen LogP contribution in [0.25, 0.3) is 0 Å². The standard InChI is InChI=1S/C12H11N3O4S/c16-15-11-8-4-7-10(12(11)20(17,18)19)14-13-9-5-2-1-3-6-9/h1-8,13-14H,(H,17,18,19). The Balaban J connectivity index is 2.35. The van der Waals surface area contributed by atoms with Gasteiger partial charge in [0.1, 0.15) is 10.6 Å². The molecule has 0 unspecified atom stereocenters. The Morgan fingerprint density at radius 2 is 1.65 bits per heavy atom. The molecular weight excluding hydrogens is 282 g/mol. The van der Waals surface area contributed by atoms with Crippen LogP contribution in [0, 0.1) is 4.91 Å². The molecule has 0 fully saturated rings. The molecule has 0 atom stereocenters. The van der Waals surface area contributed by atoms with Gasteiger partial charge in [-0.15, -0.1) is 4.91 Å². The summed E-state index contributed by atoms with van der Waals surface area (Å²) in [6, 6.07) is 12.9. The SMILES string of the molecule is O=Nc1cccc(NNc2ccccc2)c1S(=O)(=O)O. The highest BCUT2D eigenvalue weighted by molar-refractivity contribution is 7.86. The third kappa shape index (κ3) is 3.11. The maximum atomic E-state index is 11.3. The lowest BCUT2D eigenvalue weighted by Gasteiger charge is -2.13. The maximum Gasteiger partial charge on any atom is 0.298 e. The van der Waals surface area contributed by atoms with Crippen LogP contribution >= 0.6 is 0 Å². The molecule has 2 aromatic carbocycles. The van der Waals surface area contributed by atoms with E-state index in [-0.39, 0.29) is 11.4 Å². The zero-order chi connectivity index (χ0) is 14.6. The van der Waals surface area contributed by atoms with Crippen molar-refractivity contribution < 1.29 is 13.0 Å². The normalized spacial score (nSPS) is 10.8. The van der Waals surface area contributed by atoms with Gasteiger partial charge in [0.2, 0.25) is 0 Å². The molecule has 20 heavy (non-hydrogen) atoms. The number of rotatable bonds is 5. The van der Waals surface area contributed by atoms with Crippen molar-refractivity contribution in [1.82, 2.24) is 0 Å². The van der Waals surface area contributed by atoms with Crippen molar-refractivity contribution in [2.75, 3.05) is 10.9 Å². The van der Waals surface area contributed by atoms with Crippen LogP contribution in [0.15, 0.2) is 58.6 Å². The molecule has 0 spiro atoms. The number of anilines is 2.